The van der Waals surface area contributed by atoms with E-state index in [9.17, 15) is 4.39 Å². The number of halogens is 1. The molecule has 1 aliphatic rings. The van der Waals surface area contributed by atoms with Crippen molar-refractivity contribution < 1.29 is 9.13 Å². The van der Waals surface area contributed by atoms with Crippen molar-refractivity contribution in [3.05, 3.63) is 35.6 Å². The van der Waals surface area contributed by atoms with Gasteiger partial charge >= 0.3 is 0 Å². The highest BCUT2D eigenvalue weighted by atomic mass is 19.1. The molecule has 0 spiro atoms. The fraction of sp³-hybridized carbons (Fsp3) is 0.625. The average Bonchev–Trinajstić information content (AvgIpc) is 2.37. The van der Waals surface area contributed by atoms with Crippen molar-refractivity contribution >= 4 is 0 Å². The fourth-order valence-corrected chi connectivity index (χ4v) is 2.83. The van der Waals surface area contributed by atoms with E-state index < -0.39 is 0 Å². The van der Waals surface area contributed by atoms with E-state index in [1.807, 2.05) is 13.0 Å². The number of benzene rings is 1. The van der Waals surface area contributed by atoms with Gasteiger partial charge in [0.25, 0.3) is 0 Å². The second-order valence-corrected chi connectivity index (χ2v) is 6.00. The van der Waals surface area contributed by atoms with Gasteiger partial charge in [0.05, 0.1) is 6.10 Å². The monoisotopic (exact) mass is 265 g/mol. The molecule has 106 valence electrons. The molecule has 1 saturated carbocycles. The van der Waals surface area contributed by atoms with Crippen LogP contribution in [-0.2, 0) is 4.74 Å². The van der Waals surface area contributed by atoms with E-state index in [0.29, 0.717) is 12.1 Å². The third-order valence-corrected chi connectivity index (χ3v) is 4.35. The van der Waals surface area contributed by atoms with Crippen LogP contribution in [0, 0.1) is 11.2 Å². The second kappa shape index (κ2) is 5.59. The molecular weight excluding hydrogens is 241 g/mol. The van der Waals surface area contributed by atoms with Gasteiger partial charge in [-0.05, 0) is 38.0 Å². The van der Waals surface area contributed by atoms with Crippen molar-refractivity contribution in [2.75, 3.05) is 6.61 Å². The molecule has 0 saturated heterocycles. The molecule has 1 aromatic carbocycles. The molecule has 19 heavy (non-hydrogen) atoms. The van der Waals surface area contributed by atoms with Crippen molar-refractivity contribution in [1.29, 1.82) is 0 Å². The van der Waals surface area contributed by atoms with Gasteiger partial charge in [-0.15, -0.1) is 0 Å². The van der Waals surface area contributed by atoms with Crippen molar-refractivity contribution in [1.82, 2.24) is 5.32 Å². The molecule has 0 radical (unpaired) electrons. The van der Waals surface area contributed by atoms with Gasteiger partial charge in [-0.3, -0.25) is 0 Å². The summed E-state index contributed by atoms with van der Waals surface area (Å²) in [6.45, 7) is 9.34. The Morgan fingerprint density at radius 2 is 2.21 bits per heavy atom. The van der Waals surface area contributed by atoms with Crippen LogP contribution in [-0.4, -0.2) is 18.8 Å². The van der Waals surface area contributed by atoms with Crippen LogP contribution in [0.25, 0.3) is 0 Å². The van der Waals surface area contributed by atoms with Crippen molar-refractivity contribution in [2.45, 2.75) is 52.3 Å². The Kier molecular flexibility index (Phi) is 4.26. The molecule has 0 amide bonds. The van der Waals surface area contributed by atoms with Gasteiger partial charge < -0.3 is 10.1 Å². The first-order valence-electron chi connectivity index (χ1n) is 7.08. The van der Waals surface area contributed by atoms with Crippen LogP contribution in [0.1, 0.15) is 45.7 Å². The highest BCUT2D eigenvalue weighted by Gasteiger charge is 2.49. The first kappa shape index (κ1) is 14.5. The van der Waals surface area contributed by atoms with Gasteiger partial charge in [0.1, 0.15) is 5.82 Å². The minimum Gasteiger partial charge on any atom is -0.378 e. The predicted octanol–water partition coefficient (Wildman–Crippen LogP) is 3.68. The standard InChI is InChI=1S/C16H24FNO/c1-5-19-15-10-14(16(15,3)4)18-11(2)12-7-6-8-13(17)9-12/h6-9,11,14-15,18H,5,10H2,1-4H3/t11-,14?,15?/m0/s1. The quantitative estimate of drug-likeness (QED) is 0.877. The average molecular weight is 265 g/mol. The Morgan fingerprint density at radius 1 is 1.47 bits per heavy atom. The number of ether oxygens (including phenoxy) is 1. The van der Waals surface area contributed by atoms with Crippen molar-refractivity contribution in [3.8, 4) is 0 Å². The SMILES string of the molecule is CCOC1CC(N[C@@H](C)c2cccc(F)c2)C1(C)C. The summed E-state index contributed by atoms with van der Waals surface area (Å²) in [5.74, 6) is -0.175. The zero-order valence-electron chi connectivity index (χ0n) is 12.2. The normalized spacial score (nSPS) is 26.8. The third-order valence-electron chi connectivity index (χ3n) is 4.35. The summed E-state index contributed by atoms with van der Waals surface area (Å²) in [6.07, 6.45) is 1.36. The lowest BCUT2D eigenvalue weighted by Crippen LogP contribution is -2.61. The molecule has 3 atom stereocenters. The molecule has 0 heterocycles. The minimum atomic E-state index is -0.175. The molecule has 0 aliphatic heterocycles. The number of hydrogen-bond donors (Lipinski definition) is 1. The highest BCUT2D eigenvalue weighted by Crippen LogP contribution is 2.43. The van der Waals surface area contributed by atoms with Crippen LogP contribution in [0.4, 0.5) is 4.39 Å². The van der Waals surface area contributed by atoms with Gasteiger partial charge in [0.15, 0.2) is 0 Å². The van der Waals surface area contributed by atoms with E-state index in [-0.39, 0.29) is 17.3 Å². The molecule has 0 bridgehead atoms. The Labute approximate surface area is 115 Å². The van der Waals surface area contributed by atoms with E-state index >= 15 is 0 Å². The summed E-state index contributed by atoms with van der Waals surface area (Å²) in [5.41, 5.74) is 1.13. The molecule has 0 aromatic heterocycles. The van der Waals surface area contributed by atoms with E-state index in [2.05, 4.69) is 26.1 Å². The molecule has 1 aromatic rings. The maximum absolute atomic E-state index is 13.2. The van der Waals surface area contributed by atoms with Gasteiger partial charge in [-0.2, -0.15) is 0 Å². The first-order chi connectivity index (χ1) is 8.95. The summed E-state index contributed by atoms with van der Waals surface area (Å²) in [4.78, 5) is 0. The van der Waals surface area contributed by atoms with Crippen molar-refractivity contribution in [2.24, 2.45) is 5.41 Å². The minimum absolute atomic E-state index is 0.137. The summed E-state index contributed by atoms with van der Waals surface area (Å²) in [6, 6.07) is 7.38. The lowest BCUT2D eigenvalue weighted by molar-refractivity contribution is -0.116. The Morgan fingerprint density at radius 3 is 2.79 bits per heavy atom. The lowest BCUT2D eigenvalue weighted by atomic mass is 9.64. The fourth-order valence-electron chi connectivity index (χ4n) is 2.83. The molecule has 2 nitrogen and oxygen atoms in total. The van der Waals surface area contributed by atoms with Gasteiger partial charge in [-0.1, -0.05) is 26.0 Å². The summed E-state index contributed by atoms with van der Waals surface area (Å²) in [7, 11) is 0. The highest BCUT2D eigenvalue weighted by molar-refractivity contribution is 5.20. The predicted molar refractivity (Wildman–Crippen MR) is 75.6 cm³/mol. The molecule has 1 N–H and O–H groups in total. The lowest BCUT2D eigenvalue weighted by Gasteiger charge is -2.52. The second-order valence-electron chi connectivity index (χ2n) is 6.00. The van der Waals surface area contributed by atoms with E-state index in [1.165, 1.54) is 6.07 Å². The number of hydrogen-bond acceptors (Lipinski definition) is 2. The first-order valence-corrected chi connectivity index (χ1v) is 7.08. The van der Waals surface area contributed by atoms with Crippen LogP contribution in [0.5, 0.6) is 0 Å². The van der Waals surface area contributed by atoms with Crippen LogP contribution in [0.15, 0.2) is 24.3 Å². The largest absolute Gasteiger partial charge is 0.378 e. The molecule has 1 fully saturated rings. The Hall–Kier alpha value is -0.930. The smallest absolute Gasteiger partial charge is 0.123 e. The third kappa shape index (κ3) is 2.98. The van der Waals surface area contributed by atoms with Crippen molar-refractivity contribution in [3.63, 3.8) is 0 Å². The Bertz CT molecular complexity index is 433. The molecule has 2 unspecified atom stereocenters. The van der Waals surface area contributed by atoms with Gasteiger partial charge in [0, 0.05) is 24.1 Å². The zero-order valence-corrected chi connectivity index (χ0v) is 12.2. The summed E-state index contributed by atoms with van der Waals surface area (Å²) >= 11 is 0. The maximum Gasteiger partial charge on any atom is 0.123 e. The molecule has 3 heteroatoms. The number of nitrogens with one attached hydrogen (secondary N) is 1. The van der Waals surface area contributed by atoms with Crippen LogP contribution < -0.4 is 5.32 Å². The van der Waals surface area contributed by atoms with E-state index in [4.69, 9.17) is 4.74 Å². The summed E-state index contributed by atoms with van der Waals surface area (Å²) < 4.78 is 19.0. The van der Waals surface area contributed by atoms with Gasteiger partial charge in [0.2, 0.25) is 0 Å². The molecule has 2 rings (SSSR count). The molecule has 1 aliphatic carbocycles. The van der Waals surface area contributed by atoms with E-state index in [0.717, 1.165) is 18.6 Å². The number of rotatable bonds is 5. The van der Waals surface area contributed by atoms with E-state index in [1.54, 1.807) is 12.1 Å². The Balaban J connectivity index is 1.96. The van der Waals surface area contributed by atoms with Crippen LogP contribution in [0.2, 0.25) is 0 Å². The van der Waals surface area contributed by atoms with Crippen LogP contribution in [0.3, 0.4) is 0 Å². The van der Waals surface area contributed by atoms with Crippen LogP contribution >= 0.6 is 0 Å². The zero-order chi connectivity index (χ0) is 14.0. The maximum atomic E-state index is 13.2. The van der Waals surface area contributed by atoms with Gasteiger partial charge in [-0.25, -0.2) is 4.39 Å². The topological polar surface area (TPSA) is 21.3 Å². The molecular formula is C16H24FNO. The summed E-state index contributed by atoms with van der Waals surface area (Å²) in [5, 5.41) is 3.59.